The number of aliphatic hydroxyl groups excluding tert-OH is 1. The molecule has 0 spiro atoms. The van der Waals surface area contributed by atoms with Crippen LogP contribution in [0.4, 0.5) is 0 Å². The molecule has 0 radical (unpaired) electrons. The predicted octanol–water partition coefficient (Wildman–Crippen LogP) is 3.01. The standard InChI is InChI=1S/C15H17N3OS/c19-14-4-2-1-3-11-7-17(10-13(11)14)8-12-9-18-5-6-20-15(18)16-12/h5-7,9-10,14,19H,1-4,8H2. The molecule has 104 valence electrons. The molecule has 3 heterocycles. The van der Waals surface area contributed by atoms with E-state index in [1.165, 1.54) is 12.0 Å². The summed E-state index contributed by atoms with van der Waals surface area (Å²) in [7, 11) is 0. The van der Waals surface area contributed by atoms with Crippen LogP contribution in [0.25, 0.3) is 4.96 Å². The van der Waals surface area contributed by atoms with Gasteiger partial charge in [0.1, 0.15) is 0 Å². The van der Waals surface area contributed by atoms with Gasteiger partial charge in [0.05, 0.1) is 18.3 Å². The molecule has 1 atom stereocenters. The molecular weight excluding hydrogens is 270 g/mol. The van der Waals surface area contributed by atoms with Crippen LogP contribution in [-0.2, 0) is 13.0 Å². The maximum Gasteiger partial charge on any atom is 0.193 e. The van der Waals surface area contributed by atoms with E-state index < -0.39 is 0 Å². The Morgan fingerprint density at radius 2 is 2.25 bits per heavy atom. The van der Waals surface area contributed by atoms with Crippen molar-refractivity contribution in [1.29, 1.82) is 0 Å². The number of imidazole rings is 1. The number of aromatic nitrogens is 3. The molecule has 4 nitrogen and oxygen atoms in total. The highest BCUT2D eigenvalue weighted by Crippen LogP contribution is 2.29. The average Bonchev–Trinajstić information content (AvgIpc) is 3.07. The first kappa shape index (κ1) is 12.2. The molecule has 0 amide bonds. The zero-order valence-electron chi connectivity index (χ0n) is 11.2. The molecule has 0 fully saturated rings. The maximum atomic E-state index is 10.2. The Morgan fingerprint density at radius 1 is 1.30 bits per heavy atom. The second kappa shape index (κ2) is 4.75. The zero-order valence-corrected chi connectivity index (χ0v) is 12.0. The van der Waals surface area contributed by atoms with Crippen molar-refractivity contribution in [2.45, 2.75) is 38.3 Å². The van der Waals surface area contributed by atoms with Gasteiger partial charge < -0.3 is 9.67 Å². The molecule has 0 aliphatic heterocycles. The Hall–Kier alpha value is -1.59. The highest BCUT2D eigenvalue weighted by Gasteiger charge is 2.18. The van der Waals surface area contributed by atoms with Crippen LogP contribution >= 0.6 is 11.3 Å². The molecule has 20 heavy (non-hydrogen) atoms. The minimum atomic E-state index is -0.292. The molecular formula is C15H17N3OS. The van der Waals surface area contributed by atoms with Crippen LogP contribution in [0.3, 0.4) is 0 Å². The number of aryl methyl sites for hydroxylation is 1. The number of thiazole rings is 1. The number of aliphatic hydroxyl groups is 1. The van der Waals surface area contributed by atoms with Gasteiger partial charge in [0.2, 0.25) is 0 Å². The molecule has 3 aromatic heterocycles. The summed E-state index contributed by atoms with van der Waals surface area (Å²) in [5, 5.41) is 12.2. The van der Waals surface area contributed by atoms with E-state index in [0.29, 0.717) is 0 Å². The van der Waals surface area contributed by atoms with Crippen molar-refractivity contribution in [2.24, 2.45) is 0 Å². The van der Waals surface area contributed by atoms with Crippen LogP contribution in [0.1, 0.15) is 42.2 Å². The van der Waals surface area contributed by atoms with Crippen molar-refractivity contribution in [3.8, 4) is 0 Å². The molecule has 3 aromatic rings. The SMILES string of the molecule is OC1CCCCc2cn(Cc3cn4ccsc4n3)cc21. The first-order valence-corrected chi connectivity index (χ1v) is 7.95. The van der Waals surface area contributed by atoms with Crippen molar-refractivity contribution in [3.05, 3.63) is 47.0 Å². The summed E-state index contributed by atoms with van der Waals surface area (Å²) < 4.78 is 4.22. The average molecular weight is 287 g/mol. The van der Waals surface area contributed by atoms with Crippen molar-refractivity contribution < 1.29 is 5.11 Å². The van der Waals surface area contributed by atoms with E-state index in [2.05, 4.69) is 32.5 Å². The Labute approximate surface area is 121 Å². The topological polar surface area (TPSA) is 42.5 Å². The summed E-state index contributed by atoms with van der Waals surface area (Å²) >= 11 is 1.65. The Bertz CT molecular complexity index is 711. The fourth-order valence-corrected chi connectivity index (χ4v) is 3.74. The van der Waals surface area contributed by atoms with Crippen LogP contribution in [0.15, 0.2) is 30.2 Å². The molecule has 1 N–H and O–H groups in total. The van der Waals surface area contributed by atoms with E-state index in [1.54, 1.807) is 11.3 Å². The van der Waals surface area contributed by atoms with Gasteiger partial charge in [0.25, 0.3) is 0 Å². The van der Waals surface area contributed by atoms with E-state index in [0.717, 1.165) is 42.0 Å². The highest BCUT2D eigenvalue weighted by atomic mass is 32.1. The van der Waals surface area contributed by atoms with E-state index in [1.807, 2.05) is 11.6 Å². The lowest BCUT2D eigenvalue weighted by atomic mass is 10.1. The van der Waals surface area contributed by atoms with Crippen molar-refractivity contribution in [2.75, 3.05) is 0 Å². The van der Waals surface area contributed by atoms with Gasteiger partial charge in [-0.2, -0.15) is 0 Å². The Kier molecular flexibility index (Phi) is 2.89. The van der Waals surface area contributed by atoms with Gasteiger partial charge >= 0.3 is 0 Å². The summed E-state index contributed by atoms with van der Waals surface area (Å²) in [6.07, 6.45) is 12.4. The van der Waals surface area contributed by atoms with Crippen LogP contribution in [0.5, 0.6) is 0 Å². The number of rotatable bonds is 2. The van der Waals surface area contributed by atoms with Gasteiger partial charge in [-0.15, -0.1) is 11.3 Å². The van der Waals surface area contributed by atoms with Gasteiger partial charge in [-0.25, -0.2) is 4.98 Å². The Morgan fingerprint density at radius 3 is 3.15 bits per heavy atom. The van der Waals surface area contributed by atoms with E-state index >= 15 is 0 Å². The van der Waals surface area contributed by atoms with E-state index in [9.17, 15) is 5.11 Å². The monoisotopic (exact) mass is 287 g/mol. The minimum Gasteiger partial charge on any atom is -0.388 e. The third-order valence-corrected chi connectivity index (χ3v) is 4.79. The predicted molar refractivity (Wildman–Crippen MR) is 79.1 cm³/mol. The third kappa shape index (κ3) is 2.07. The molecule has 0 saturated carbocycles. The normalized spacial score (nSPS) is 19.1. The van der Waals surface area contributed by atoms with Crippen molar-refractivity contribution >= 4 is 16.3 Å². The number of hydrogen-bond donors (Lipinski definition) is 1. The quantitative estimate of drug-likeness (QED) is 0.736. The highest BCUT2D eigenvalue weighted by molar-refractivity contribution is 7.15. The molecule has 1 aliphatic carbocycles. The molecule has 0 aromatic carbocycles. The fraction of sp³-hybridized carbons (Fsp3) is 0.400. The van der Waals surface area contributed by atoms with Crippen molar-refractivity contribution in [1.82, 2.24) is 14.0 Å². The summed E-state index contributed by atoms with van der Waals surface area (Å²) in [4.78, 5) is 5.65. The van der Waals surface area contributed by atoms with Gasteiger partial charge in [0, 0.05) is 35.7 Å². The van der Waals surface area contributed by atoms with Crippen LogP contribution in [0.2, 0.25) is 0 Å². The fourth-order valence-electron chi connectivity index (χ4n) is 3.02. The van der Waals surface area contributed by atoms with Gasteiger partial charge in [-0.05, 0) is 24.8 Å². The van der Waals surface area contributed by atoms with Crippen molar-refractivity contribution in [3.63, 3.8) is 0 Å². The van der Waals surface area contributed by atoms with Crippen LogP contribution in [0, 0.1) is 0 Å². The van der Waals surface area contributed by atoms with Crippen LogP contribution < -0.4 is 0 Å². The number of fused-ring (bicyclic) bond motifs is 2. The van der Waals surface area contributed by atoms with Gasteiger partial charge in [0.15, 0.2) is 4.96 Å². The molecule has 1 aliphatic rings. The summed E-state index contributed by atoms with van der Waals surface area (Å²) in [5.41, 5.74) is 3.48. The lowest BCUT2D eigenvalue weighted by molar-refractivity contribution is 0.166. The second-order valence-corrected chi connectivity index (χ2v) is 6.37. The molecule has 0 saturated heterocycles. The number of nitrogens with zero attached hydrogens (tertiary/aromatic N) is 3. The first-order valence-electron chi connectivity index (χ1n) is 7.07. The summed E-state index contributed by atoms with van der Waals surface area (Å²) in [5.74, 6) is 0. The van der Waals surface area contributed by atoms with E-state index in [4.69, 9.17) is 0 Å². The summed E-state index contributed by atoms with van der Waals surface area (Å²) in [6.45, 7) is 0.772. The minimum absolute atomic E-state index is 0.292. The lowest BCUT2D eigenvalue weighted by Gasteiger charge is -2.06. The van der Waals surface area contributed by atoms with Gasteiger partial charge in [-0.3, -0.25) is 4.40 Å². The second-order valence-electron chi connectivity index (χ2n) is 5.50. The van der Waals surface area contributed by atoms with Crippen LogP contribution in [-0.4, -0.2) is 19.1 Å². The summed E-state index contributed by atoms with van der Waals surface area (Å²) in [6, 6.07) is 0. The lowest BCUT2D eigenvalue weighted by Crippen LogP contribution is -1.98. The smallest absolute Gasteiger partial charge is 0.193 e. The maximum absolute atomic E-state index is 10.2. The van der Waals surface area contributed by atoms with E-state index in [-0.39, 0.29) is 6.10 Å². The zero-order chi connectivity index (χ0) is 13.5. The molecule has 4 rings (SSSR count). The third-order valence-electron chi connectivity index (χ3n) is 4.02. The molecule has 0 bridgehead atoms. The molecule has 1 unspecified atom stereocenters. The largest absolute Gasteiger partial charge is 0.388 e. The number of hydrogen-bond acceptors (Lipinski definition) is 3. The molecule has 5 heteroatoms. The van der Waals surface area contributed by atoms with Gasteiger partial charge in [-0.1, -0.05) is 6.42 Å². The first-order chi connectivity index (χ1) is 9.79. The Balaban J connectivity index is 1.63.